The van der Waals surface area contributed by atoms with E-state index in [2.05, 4.69) is 0 Å². The van der Waals surface area contributed by atoms with E-state index in [0.29, 0.717) is 11.1 Å². The fourth-order valence-electron chi connectivity index (χ4n) is 1.66. The molecule has 0 saturated heterocycles. The molecule has 0 heterocycles. The van der Waals surface area contributed by atoms with Crippen LogP contribution in [0.15, 0.2) is 18.2 Å². The summed E-state index contributed by atoms with van der Waals surface area (Å²) in [5, 5.41) is 0. The molecule has 1 aromatic rings. The summed E-state index contributed by atoms with van der Waals surface area (Å²) in [4.78, 5) is 11.9. The number of carbonyl (C=O) groups is 1. The van der Waals surface area contributed by atoms with Crippen LogP contribution in [0.5, 0.6) is 0 Å². The summed E-state index contributed by atoms with van der Waals surface area (Å²) in [7, 11) is 0. The third kappa shape index (κ3) is 3.84. The number of alkyl halides is 3. The molecule has 1 rings (SSSR count). The SMILES string of the molecule is Cc1cc(C(F)(F)F)ccc1C(=O)CC(C)(C)N. The number of carbonyl (C=O) groups excluding carboxylic acids is 1. The zero-order valence-corrected chi connectivity index (χ0v) is 10.6. The van der Waals surface area contributed by atoms with Crippen molar-refractivity contribution in [3.8, 4) is 0 Å². The molecule has 2 nitrogen and oxygen atoms in total. The first-order chi connectivity index (χ1) is 8.00. The Hall–Kier alpha value is -1.36. The van der Waals surface area contributed by atoms with Gasteiger partial charge in [-0.3, -0.25) is 4.79 Å². The van der Waals surface area contributed by atoms with Crippen LogP contribution < -0.4 is 5.73 Å². The van der Waals surface area contributed by atoms with Crippen molar-refractivity contribution in [2.24, 2.45) is 5.73 Å². The highest BCUT2D eigenvalue weighted by atomic mass is 19.4. The average Bonchev–Trinajstić information content (AvgIpc) is 2.12. The predicted octanol–water partition coefficient (Wildman–Crippen LogP) is 3.32. The third-order valence-electron chi connectivity index (χ3n) is 2.47. The van der Waals surface area contributed by atoms with Crippen LogP contribution in [-0.4, -0.2) is 11.3 Å². The smallest absolute Gasteiger partial charge is 0.325 e. The Balaban J connectivity index is 3.03. The van der Waals surface area contributed by atoms with Crippen LogP contribution in [0.25, 0.3) is 0 Å². The maximum absolute atomic E-state index is 12.5. The summed E-state index contributed by atoms with van der Waals surface area (Å²) in [5.41, 5.74) is 4.91. The van der Waals surface area contributed by atoms with Crippen LogP contribution in [0.4, 0.5) is 13.2 Å². The van der Waals surface area contributed by atoms with Crippen molar-refractivity contribution < 1.29 is 18.0 Å². The van der Waals surface area contributed by atoms with Gasteiger partial charge in [-0.05, 0) is 38.5 Å². The van der Waals surface area contributed by atoms with Crippen molar-refractivity contribution in [3.05, 3.63) is 34.9 Å². The lowest BCUT2D eigenvalue weighted by Crippen LogP contribution is -2.34. The standard InChI is InChI=1S/C13H16F3NO/c1-8-6-9(13(14,15)16)4-5-10(8)11(18)7-12(2,3)17/h4-6H,7,17H2,1-3H3. The molecule has 0 saturated carbocycles. The van der Waals surface area contributed by atoms with Gasteiger partial charge in [0.2, 0.25) is 0 Å². The van der Waals surface area contributed by atoms with Gasteiger partial charge in [0.05, 0.1) is 5.56 Å². The highest BCUT2D eigenvalue weighted by Gasteiger charge is 2.31. The Morgan fingerprint density at radius 2 is 1.83 bits per heavy atom. The van der Waals surface area contributed by atoms with Crippen molar-refractivity contribution in [1.82, 2.24) is 0 Å². The van der Waals surface area contributed by atoms with E-state index < -0.39 is 17.3 Å². The molecule has 0 radical (unpaired) electrons. The second-order valence-electron chi connectivity index (χ2n) is 5.12. The fourth-order valence-corrected chi connectivity index (χ4v) is 1.66. The van der Waals surface area contributed by atoms with Crippen LogP contribution in [-0.2, 0) is 6.18 Å². The highest BCUT2D eigenvalue weighted by Crippen LogP contribution is 2.30. The van der Waals surface area contributed by atoms with Gasteiger partial charge < -0.3 is 5.73 Å². The molecular weight excluding hydrogens is 243 g/mol. The van der Waals surface area contributed by atoms with Gasteiger partial charge in [0.1, 0.15) is 0 Å². The van der Waals surface area contributed by atoms with Crippen LogP contribution in [0.3, 0.4) is 0 Å². The molecule has 0 bridgehead atoms. The number of halogens is 3. The summed E-state index contributed by atoms with van der Waals surface area (Å²) in [6.07, 6.45) is -4.29. The van der Waals surface area contributed by atoms with Crippen LogP contribution in [0.2, 0.25) is 0 Å². The monoisotopic (exact) mass is 259 g/mol. The number of ketones is 1. The summed E-state index contributed by atoms with van der Waals surface area (Å²) in [6, 6.07) is 3.12. The Kier molecular flexibility index (Phi) is 3.86. The van der Waals surface area contributed by atoms with E-state index in [0.717, 1.165) is 12.1 Å². The second kappa shape index (κ2) is 4.72. The molecule has 0 amide bonds. The fraction of sp³-hybridized carbons (Fsp3) is 0.462. The quantitative estimate of drug-likeness (QED) is 0.846. The molecule has 100 valence electrons. The van der Waals surface area contributed by atoms with Crippen LogP contribution in [0.1, 0.15) is 41.8 Å². The van der Waals surface area contributed by atoms with Gasteiger partial charge in [-0.2, -0.15) is 13.2 Å². The van der Waals surface area contributed by atoms with E-state index in [4.69, 9.17) is 5.73 Å². The first-order valence-corrected chi connectivity index (χ1v) is 5.50. The van der Waals surface area contributed by atoms with Crippen molar-refractivity contribution in [2.75, 3.05) is 0 Å². The number of rotatable bonds is 3. The lowest BCUT2D eigenvalue weighted by atomic mass is 9.92. The maximum Gasteiger partial charge on any atom is 0.416 e. The number of nitrogens with two attached hydrogens (primary N) is 1. The Bertz CT molecular complexity index is 458. The van der Waals surface area contributed by atoms with Gasteiger partial charge in [0, 0.05) is 17.5 Å². The van der Waals surface area contributed by atoms with E-state index >= 15 is 0 Å². The van der Waals surface area contributed by atoms with E-state index in [9.17, 15) is 18.0 Å². The molecule has 0 aromatic heterocycles. The molecular formula is C13H16F3NO. The predicted molar refractivity (Wildman–Crippen MR) is 63.4 cm³/mol. The first-order valence-electron chi connectivity index (χ1n) is 5.50. The zero-order valence-electron chi connectivity index (χ0n) is 10.6. The number of aryl methyl sites for hydroxylation is 1. The van der Waals surface area contributed by atoms with Gasteiger partial charge in [-0.15, -0.1) is 0 Å². The molecule has 0 aliphatic rings. The van der Waals surface area contributed by atoms with Gasteiger partial charge in [-0.25, -0.2) is 0 Å². The Morgan fingerprint density at radius 3 is 2.22 bits per heavy atom. The third-order valence-corrected chi connectivity index (χ3v) is 2.47. The molecule has 1 aromatic carbocycles. The minimum absolute atomic E-state index is 0.0964. The molecule has 0 atom stereocenters. The van der Waals surface area contributed by atoms with Crippen LogP contribution in [0, 0.1) is 6.92 Å². The van der Waals surface area contributed by atoms with Crippen molar-refractivity contribution in [1.29, 1.82) is 0 Å². The molecule has 0 unspecified atom stereocenters. The van der Waals surface area contributed by atoms with Crippen molar-refractivity contribution >= 4 is 5.78 Å². The van der Waals surface area contributed by atoms with E-state index in [1.54, 1.807) is 13.8 Å². The number of hydrogen-bond donors (Lipinski definition) is 1. The lowest BCUT2D eigenvalue weighted by molar-refractivity contribution is -0.137. The zero-order chi connectivity index (χ0) is 14.1. The first kappa shape index (κ1) is 14.7. The number of Topliss-reactive ketones (excluding diaryl/α,β-unsaturated/α-hetero) is 1. The van der Waals surface area contributed by atoms with Crippen LogP contribution >= 0.6 is 0 Å². The molecule has 5 heteroatoms. The van der Waals surface area contributed by atoms with Gasteiger partial charge in [0.25, 0.3) is 0 Å². The minimum Gasteiger partial charge on any atom is -0.325 e. The second-order valence-corrected chi connectivity index (χ2v) is 5.12. The average molecular weight is 259 g/mol. The Morgan fingerprint density at radius 1 is 1.28 bits per heavy atom. The van der Waals surface area contributed by atoms with E-state index in [1.165, 1.54) is 13.0 Å². The molecule has 18 heavy (non-hydrogen) atoms. The van der Waals surface area contributed by atoms with Gasteiger partial charge in [0.15, 0.2) is 5.78 Å². The van der Waals surface area contributed by atoms with E-state index in [-0.39, 0.29) is 12.2 Å². The van der Waals surface area contributed by atoms with Gasteiger partial charge in [-0.1, -0.05) is 6.07 Å². The highest BCUT2D eigenvalue weighted by molar-refractivity contribution is 5.98. The van der Waals surface area contributed by atoms with Crippen molar-refractivity contribution in [2.45, 2.75) is 38.9 Å². The largest absolute Gasteiger partial charge is 0.416 e. The molecule has 0 spiro atoms. The number of benzene rings is 1. The minimum atomic E-state index is -4.39. The summed E-state index contributed by atoms with van der Waals surface area (Å²) in [6.45, 7) is 4.89. The van der Waals surface area contributed by atoms with Gasteiger partial charge >= 0.3 is 6.18 Å². The van der Waals surface area contributed by atoms with Crippen molar-refractivity contribution in [3.63, 3.8) is 0 Å². The molecule has 0 aliphatic heterocycles. The normalized spacial score (nSPS) is 12.6. The summed E-state index contributed by atoms with van der Waals surface area (Å²) in [5.74, 6) is -0.242. The number of hydrogen-bond acceptors (Lipinski definition) is 2. The van der Waals surface area contributed by atoms with E-state index in [1.807, 2.05) is 0 Å². The summed E-state index contributed by atoms with van der Waals surface area (Å²) < 4.78 is 37.4. The topological polar surface area (TPSA) is 43.1 Å². The maximum atomic E-state index is 12.5. The summed E-state index contributed by atoms with van der Waals surface area (Å²) >= 11 is 0. The lowest BCUT2D eigenvalue weighted by Gasteiger charge is -2.18. The molecule has 2 N–H and O–H groups in total. The molecule has 0 aliphatic carbocycles. The Labute approximate surface area is 104 Å². The molecule has 0 fully saturated rings.